The molecule has 0 saturated carbocycles. The molecule has 0 unspecified atom stereocenters. The highest BCUT2D eigenvalue weighted by atomic mass is 16.5. The highest BCUT2D eigenvalue weighted by Crippen LogP contribution is 2.49. The molecule has 2 saturated heterocycles. The fraction of sp³-hybridized carbons (Fsp3) is 0.556. The molecule has 3 aliphatic heterocycles. The summed E-state index contributed by atoms with van der Waals surface area (Å²) >= 11 is 0. The van der Waals surface area contributed by atoms with Gasteiger partial charge in [0.15, 0.2) is 0 Å². The lowest BCUT2D eigenvalue weighted by Gasteiger charge is -2.38. The average Bonchev–Trinajstić information content (AvgIpc) is 3.31. The van der Waals surface area contributed by atoms with E-state index in [9.17, 15) is 0 Å². The van der Waals surface area contributed by atoms with Crippen LogP contribution in [-0.2, 0) is 0 Å². The van der Waals surface area contributed by atoms with Gasteiger partial charge < -0.3 is 14.4 Å². The third-order valence-electron chi connectivity index (χ3n) is 7.43. The molecule has 3 aliphatic rings. The summed E-state index contributed by atoms with van der Waals surface area (Å²) in [5, 5.41) is 0. The number of piperidine rings is 1. The summed E-state index contributed by atoms with van der Waals surface area (Å²) in [4.78, 5) is 5.26. The lowest BCUT2D eigenvalue weighted by molar-refractivity contribution is 0.200. The Morgan fingerprint density at radius 1 is 0.871 bits per heavy atom. The van der Waals surface area contributed by atoms with Crippen LogP contribution in [0.25, 0.3) is 0 Å². The molecule has 2 atom stereocenters. The van der Waals surface area contributed by atoms with Gasteiger partial charge in [0, 0.05) is 36.2 Å². The smallest absolute Gasteiger partial charge is 0.123 e. The molecule has 5 rings (SSSR count). The lowest BCUT2D eigenvalue weighted by Crippen LogP contribution is -2.35. The Morgan fingerprint density at radius 2 is 1.68 bits per heavy atom. The van der Waals surface area contributed by atoms with Gasteiger partial charge in [-0.15, -0.1) is 0 Å². The summed E-state index contributed by atoms with van der Waals surface area (Å²) < 4.78 is 12.2. The minimum absolute atomic E-state index is 0.291. The second-order valence-electron chi connectivity index (χ2n) is 9.31. The molecule has 0 amide bonds. The fourth-order valence-corrected chi connectivity index (χ4v) is 5.93. The van der Waals surface area contributed by atoms with Gasteiger partial charge in [-0.25, -0.2) is 0 Å². The number of ether oxygens (including phenoxy) is 2. The van der Waals surface area contributed by atoms with Crippen molar-refractivity contribution in [1.29, 1.82) is 0 Å². The first-order valence-electron chi connectivity index (χ1n) is 12.2. The van der Waals surface area contributed by atoms with E-state index in [2.05, 4.69) is 52.3 Å². The molecule has 166 valence electrons. The predicted molar refractivity (Wildman–Crippen MR) is 125 cm³/mol. The van der Waals surface area contributed by atoms with Crippen molar-refractivity contribution in [1.82, 2.24) is 9.80 Å². The van der Waals surface area contributed by atoms with Crippen molar-refractivity contribution in [3.8, 4) is 11.5 Å². The molecule has 0 bridgehead atoms. The van der Waals surface area contributed by atoms with Crippen LogP contribution in [0, 0.1) is 0 Å². The average molecular weight is 421 g/mol. The van der Waals surface area contributed by atoms with Crippen molar-refractivity contribution in [3.63, 3.8) is 0 Å². The Bertz CT molecular complexity index is 877. The third-order valence-corrected chi connectivity index (χ3v) is 7.43. The van der Waals surface area contributed by atoms with Gasteiger partial charge in [-0.05, 0) is 69.4 Å². The SMILES string of the molecule is COc1ccccc1[C@@H]1CN2CCC[C@H]2c2cccc(OCCCN3CCCCC3)c21. The largest absolute Gasteiger partial charge is 0.496 e. The number of hydrogen-bond donors (Lipinski definition) is 0. The summed E-state index contributed by atoms with van der Waals surface area (Å²) in [6, 6.07) is 15.8. The van der Waals surface area contributed by atoms with E-state index < -0.39 is 0 Å². The molecule has 2 fully saturated rings. The Labute approximate surface area is 187 Å². The molecule has 2 aromatic carbocycles. The zero-order valence-corrected chi connectivity index (χ0v) is 18.9. The van der Waals surface area contributed by atoms with Gasteiger partial charge in [-0.1, -0.05) is 36.8 Å². The number of hydrogen-bond acceptors (Lipinski definition) is 4. The maximum absolute atomic E-state index is 6.48. The van der Waals surface area contributed by atoms with Crippen molar-refractivity contribution >= 4 is 0 Å². The molecule has 2 aromatic rings. The first kappa shape index (κ1) is 20.8. The minimum atomic E-state index is 0.291. The molecule has 0 radical (unpaired) electrons. The van der Waals surface area contributed by atoms with E-state index in [4.69, 9.17) is 9.47 Å². The van der Waals surface area contributed by atoms with Gasteiger partial charge >= 0.3 is 0 Å². The normalized spacial score (nSPS) is 23.9. The quantitative estimate of drug-likeness (QED) is 0.573. The van der Waals surface area contributed by atoms with Crippen LogP contribution in [0.5, 0.6) is 11.5 Å². The van der Waals surface area contributed by atoms with Crippen LogP contribution in [0.1, 0.15) is 67.2 Å². The number of para-hydroxylation sites is 1. The summed E-state index contributed by atoms with van der Waals surface area (Å²) in [6.45, 7) is 6.70. The second kappa shape index (κ2) is 9.62. The predicted octanol–water partition coefficient (Wildman–Crippen LogP) is 5.23. The van der Waals surface area contributed by atoms with E-state index in [1.54, 1.807) is 7.11 Å². The van der Waals surface area contributed by atoms with Gasteiger partial charge in [-0.2, -0.15) is 0 Å². The van der Waals surface area contributed by atoms with E-state index in [0.29, 0.717) is 12.0 Å². The molecule has 4 nitrogen and oxygen atoms in total. The standard InChI is InChI=1S/C27H36N2O2/c1-30-25-13-4-3-10-21(25)23-20-29-18-8-12-24(29)22-11-7-14-26(27(22)23)31-19-9-17-28-15-5-2-6-16-28/h3-4,7,10-11,13-14,23-24H,2,5-6,8-9,12,15-20H2,1H3/t23-,24-/m0/s1. The second-order valence-corrected chi connectivity index (χ2v) is 9.31. The molecule has 3 heterocycles. The number of nitrogens with zero attached hydrogens (tertiary/aromatic N) is 2. The minimum Gasteiger partial charge on any atom is -0.496 e. The summed E-state index contributed by atoms with van der Waals surface area (Å²) in [7, 11) is 1.78. The molecule has 31 heavy (non-hydrogen) atoms. The van der Waals surface area contributed by atoms with Crippen LogP contribution in [0.3, 0.4) is 0 Å². The van der Waals surface area contributed by atoms with Gasteiger partial charge in [0.05, 0.1) is 13.7 Å². The van der Waals surface area contributed by atoms with E-state index in [1.165, 1.54) is 68.4 Å². The van der Waals surface area contributed by atoms with E-state index in [1.807, 2.05) is 0 Å². The zero-order valence-electron chi connectivity index (χ0n) is 18.9. The number of benzene rings is 2. The number of methoxy groups -OCH3 is 1. The van der Waals surface area contributed by atoms with E-state index >= 15 is 0 Å². The molecule has 0 N–H and O–H groups in total. The number of likely N-dealkylation sites (tertiary alicyclic amines) is 1. The maximum atomic E-state index is 6.48. The van der Waals surface area contributed by atoms with Crippen molar-refractivity contribution < 1.29 is 9.47 Å². The lowest BCUT2D eigenvalue weighted by atomic mass is 9.80. The maximum Gasteiger partial charge on any atom is 0.123 e. The van der Waals surface area contributed by atoms with Gasteiger partial charge in [-0.3, -0.25) is 4.90 Å². The summed E-state index contributed by atoms with van der Waals surface area (Å²) in [5.74, 6) is 2.35. The Morgan fingerprint density at radius 3 is 2.55 bits per heavy atom. The first-order valence-corrected chi connectivity index (χ1v) is 12.2. The van der Waals surface area contributed by atoms with Gasteiger partial charge in [0.2, 0.25) is 0 Å². The highest BCUT2D eigenvalue weighted by molar-refractivity contribution is 5.53. The van der Waals surface area contributed by atoms with Gasteiger partial charge in [0.1, 0.15) is 11.5 Å². The Balaban J connectivity index is 1.39. The third kappa shape index (κ3) is 4.33. The molecule has 4 heteroatoms. The fourth-order valence-electron chi connectivity index (χ4n) is 5.93. The summed E-state index contributed by atoms with van der Waals surface area (Å²) in [5.41, 5.74) is 4.14. The number of rotatable bonds is 7. The van der Waals surface area contributed by atoms with Crippen LogP contribution >= 0.6 is 0 Å². The van der Waals surface area contributed by atoms with Crippen LogP contribution in [0.15, 0.2) is 42.5 Å². The molecular weight excluding hydrogens is 384 g/mol. The molecule has 0 spiro atoms. The van der Waals surface area contributed by atoms with Crippen molar-refractivity contribution in [2.24, 2.45) is 0 Å². The molecule has 0 aromatic heterocycles. The Hall–Kier alpha value is -2.04. The zero-order chi connectivity index (χ0) is 21.0. The van der Waals surface area contributed by atoms with Crippen LogP contribution < -0.4 is 9.47 Å². The molecule has 0 aliphatic carbocycles. The van der Waals surface area contributed by atoms with Crippen LogP contribution in [-0.4, -0.2) is 56.2 Å². The van der Waals surface area contributed by atoms with Crippen LogP contribution in [0.4, 0.5) is 0 Å². The monoisotopic (exact) mass is 420 g/mol. The topological polar surface area (TPSA) is 24.9 Å². The Kier molecular flexibility index (Phi) is 6.47. The van der Waals surface area contributed by atoms with Crippen LogP contribution in [0.2, 0.25) is 0 Å². The van der Waals surface area contributed by atoms with E-state index in [-0.39, 0.29) is 0 Å². The first-order chi connectivity index (χ1) is 15.3. The van der Waals surface area contributed by atoms with Crippen molar-refractivity contribution in [2.75, 3.05) is 46.4 Å². The van der Waals surface area contributed by atoms with Crippen molar-refractivity contribution in [3.05, 3.63) is 59.2 Å². The summed E-state index contributed by atoms with van der Waals surface area (Å²) in [6.07, 6.45) is 7.73. The van der Waals surface area contributed by atoms with Crippen molar-refractivity contribution in [2.45, 2.75) is 50.5 Å². The molecular formula is C27H36N2O2. The number of fused-ring (bicyclic) bond motifs is 3. The van der Waals surface area contributed by atoms with E-state index in [0.717, 1.165) is 37.6 Å². The van der Waals surface area contributed by atoms with Gasteiger partial charge in [0.25, 0.3) is 0 Å². The highest BCUT2D eigenvalue weighted by Gasteiger charge is 2.39.